The highest BCUT2D eigenvalue weighted by Gasteiger charge is 2.30. The maximum absolute atomic E-state index is 11.5. The number of hydrogen-bond acceptors (Lipinski definition) is 3. The molecule has 1 rings (SSSR count). The van der Waals surface area contributed by atoms with Gasteiger partial charge >= 0.3 is 0 Å². The molecule has 1 aliphatic heterocycles. The van der Waals surface area contributed by atoms with Gasteiger partial charge in [-0.3, -0.25) is 9.59 Å². The first-order chi connectivity index (χ1) is 7.52. The van der Waals surface area contributed by atoms with Crippen molar-refractivity contribution in [2.75, 3.05) is 26.3 Å². The summed E-state index contributed by atoms with van der Waals surface area (Å²) in [7, 11) is 0. The summed E-state index contributed by atoms with van der Waals surface area (Å²) in [5.41, 5.74) is 0. The molecule has 0 aromatic heterocycles. The fourth-order valence-electron chi connectivity index (χ4n) is 1.57. The molecule has 1 aliphatic rings. The van der Waals surface area contributed by atoms with Gasteiger partial charge in [0.2, 0.25) is 11.8 Å². The van der Waals surface area contributed by atoms with Gasteiger partial charge in [-0.25, -0.2) is 0 Å². The van der Waals surface area contributed by atoms with E-state index in [-0.39, 0.29) is 24.4 Å². The number of carbonyl (C=O) groups excluding carboxylic acids is 2. The lowest BCUT2D eigenvalue weighted by atomic mass is 10.2. The van der Waals surface area contributed by atoms with Gasteiger partial charge in [-0.05, 0) is 12.8 Å². The number of nitrogens with one attached hydrogen (secondary N) is 1. The number of amides is 2. The SMILES string of the molecule is CC(C)COCCN1C(=O)CNC(=O)C1C. The van der Waals surface area contributed by atoms with Crippen molar-refractivity contribution >= 4 is 11.8 Å². The predicted molar refractivity (Wildman–Crippen MR) is 59.8 cm³/mol. The summed E-state index contributed by atoms with van der Waals surface area (Å²) in [5, 5.41) is 2.55. The van der Waals surface area contributed by atoms with Crippen LogP contribution in [0.15, 0.2) is 0 Å². The summed E-state index contributed by atoms with van der Waals surface area (Å²) in [5.74, 6) is 0.349. The minimum Gasteiger partial charge on any atom is -0.379 e. The molecule has 1 N–H and O–H groups in total. The number of hydrogen-bond donors (Lipinski definition) is 1. The second kappa shape index (κ2) is 5.84. The van der Waals surface area contributed by atoms with E-state index < -0.39 is 0 Å². The van der Waals surface area contributed by atoms with E-state index in [4.69, 9.17) is 4.74 Å². The summed E-state index contributed by atoms with van der Waals surface area (Å²) < 4.78 is 5.40. The van der Waals surface area contributed by atoms with Crippen LogP contribution in [0.2, 0.25) is 0 Å². The average Bonchev–Trinajstić information content (AvgIpc) is 2.22. The van der Waals surface area contributed by atoms with Crippen molar-refractivity contribution < 1.29 is 14.3 Å². The largest absolute Gasteiger partial charge is 0.379 e. The Bertz CT molecular complexity index is 266. The zero-order valence-corrected chi connectivity index (χ0v) is 10.2. The van der Waals surface area contributed by atoms with Gasteiger partial charge in [0.15, 0.2) is 0 Å². The van der Waals surface area contributed by atoms with E-state index in [0.29, 0.717) is 25.7 Å². The van der Waals surface area contributed by atoms with E-state index in [1.54, 1.807) is 11.8 Å². The molecule has 0 saturated carbocycles. The van der Waals surface area contributed by atoms with Gasteiger partial charge in [0.25, 0.3) is 0 Å². The highest BCUT2D eigenvalue weighted by molar-refractivity contribution is 5.94. The van der Waals surface area contributed by atoms with Crippen LogP contribution in [0.1, 0.15) is 20.8 Å². The number of rotatable bonds is 5. The summed E-state index contributed by atoms with van der Waals surface area (Å²) >= 11 is 0. The molecule has 0 aliphatic carbocycles. The van der Waals surface area contributed by atoms with Gasteiger partial charge in [-0.15, -0.1) is 0 Å². The molecule has 1 heterocycles. The Hall–Kier alpha value is -1.10. The normalized spacial score (nSPS) is 21.5. The first kappa shape index (κ1) is 13.0. The Kier molecular flexibility index (Phi) is 4.73. The molecule has 16 heavy (non-hydrogen) atoms. The minimum atomic E-state index is -0.385. The maximum atomic E-state index is 11.5. The van der Waals surface area contributed by atoms with Gasteiger partial charge in [-0.1, -0.05) is 13.8 Å². The zero-order chi connectivity index (χ0) is 12.1. The predicted octanol–water partition coefficient (Wildman–Crippen LogP) is 0.00590. The van der Waals surface area contributed by atoms with E-state index >= 15 is 0 Å². The topological polar surface area (TPSA) is 58.6 Å². The lowest BCUT2D eigenvalue weighted by Gasteiger charge is -2.32. The molecule has 1 fully saturated rings. The third kappa shape index (κ3) is 3.48. The molecule has 92 valence electrons. The van der Waals surface area contributed by atoms with Gasteiger partial charge in [0.1, 0.15) is 6.04 Å². The standard InChI is InChI=1S/C11H20N2O3/c1-8(2)7-16-5-4-13-9(3)11(15)12-6-10(13)14/h8-9H,4-7H2,1-3H3,(H,12,15). The highest BCUT2D eigenvalue weighted by Crippen LogP contribution is 2.04. The third-order valence-electron chi connectivity index (χ3n) is 2.51. The van der Waals surface area contributed by atoms with Crippen molar-refractivity contribution in [3.05, 3.63) is 0 Å². The van der Waals surface area contributed by atoms with Crippen LogP contribution in [0.5, 0.6) is 0 Å². The molecular weight excluding hydrogens is 208 g/mol. The number of ether oxygens (including phenoxy) is 1. The first-order valence-electron chi connectivity index (χ1n) is 5.67. The van der Waals surface area contributed by atoms with Crippen LogP contribution in [0.4, 0.5) is 0 Å². The van der Waals surface area contributed by atoms with Crippen molar-refractivity contribution in [3.8, 4) is 0 Å². The van der Waals surface area contributed by atoms with Crippen LogP contribution < -0.4 is 5.32 Å². The summed E-state index contributed by atoms with van der Waals surface area (Å²) in [6.45, 7) is 7.64. The van der Waals surface area contributed by atoms with E-state index in [1.807, 2.05) is 0 Å². The van der Waals surface area contributed by atoms with Crippen molar-refractivity contribution in [2.45, 2.75) is 26.8 Å². The lowest BCUT2D eigenvalue weighted by Crippen LogP contribution is -2.57. The van der Waals surface area contributed by atoms with Crippen LogP contribution in [-0.4, -0.2) is 49.1 Å². The van der Waals surface area contributed by atoms with Gasteiger partial charge < -0.3 is 15.0 Å². The molecule has 1 unspecified atom stereocenters. The fraction of sp³-hybridized carbons (Fsp3) is 0.818. The quantitative estimate of drug-likeness (QED) is 0.674. The van der Waals surface area contributed by atoms with E-state index in [2.05, 4.69) is 19.2 Å². The minimum absolute atomic E-state index is 0.0414. The summed E-state index contributed by atoms with van der Waals surface area (Å²) in [6, 6.07) is -0.385. The maximum Gasteiger partial charge on any atom is 0.242 e. The highest BCUT2D eigenvalue weighted by atomic mass is 16.5. The molecule has 5 heteroatoms. The van der Waals surface area contributed by atoms with Crippen LogP contribution in [0.25, 0.3) is 0 Å². The molecule has 0 spiro atoms. The molecular formula is C11H20N2O3. The van der Waals surface area contributed by atoms with Crippen molar-refractivity contribution in [1.82, 2.24) is 10.2 Å². The Balaban J connectivity index is 2.33. The molecule has 0 aromatic carbocycles. The second-order valence-electron chi connectivity index (χ2n) is 4.45. The molecule has 5 nitrogen and oxygen atoms in total. The van der Waals surface area contributed by atoms with Gasteiger partial charge in [0.05, 0.1) is 13.2 Å². The molecule has 0 aromatic rings. The molecule has 2 amide bonds. The van der Waals surface area contributed by atoms with Crippen LogP contribution in [0, 0.1) is 5.92 Å². The zero-order valence-electron chi connectivity index (χ0n) is 10.2. The molecule has 1 atom stereocenters. The lowest BCUT2D eigenvalue weighted by molar-refractivity contribution is -0.145. The van der Waals surface area contributed by atoms with Gasteiger partial charge in [0, 0.05) is 13.2 Å². The monoisotopic (exact) mass is 228 g/mol. The summed E-state index contributed by atoms with van der Waals surface area (Å²) in [4.78, 5) is 24.4. The van der Waals surface area contributed by atoms with Crippen LogP contribution >= 0.6 is 0 Å². The Morgan fingerprint density at radius 1 is 1.50 bits per heavy atom. The van der Waals surface area contributed by atoms with E-state index in [0.717, 1.165) is 0 Å². The second-order valence-corrected chi connectivity index (χ2v) is 4.45. The molecule has 0 bridgehead atoms. The first-order valence-corrected chi connectivity index (χ1v) is 5.67. The van der Waals surface area contributed by atoms with Crippen molar-refractivity contribution in [3.63, 3.8) is 0 Å². The Morgan fingerprint density at radius 2 is 2.19 bits per heavy atom. The number of nitrogens with zero attached hydrogens (tertiary/aromatic N) is 1. The number of carbonyl (C=O) groups is 2. The Labute approximate surface area is 96.1 Å². The van der Waals surface area contributed by atoms with Crippen LogP contribution in [0.3, 0.4) is 0 Å². The average molecular weight is 228 g/mol. The van der Waals surface area contributed by atoms with Crippen LogP contribution in [-0.2, 0) is 14.3 Å². The third-order valence-corrected chi connectivity index (χ3v) is 2.51. The van der Waals surface area contributed by atoms with E-state index in [9.17, 15) is 9.59 Å². The van der Waals surface area contributed by atoms with Crippen molar-refractivity contribution in [2.24, 2.45) is 5.92 Å². The Morgan fingerprint density at radius 3 is 2.81 bits per heavy atom. The molecule has 0 radical (unpaired) electrons. The van der Waals surface area contributed by atoms with E-state index in [1.165, 1.54) is 0 Å². The number of piperazine rings is 1. The summed E-state index contributed by atoms with van der Waals surface area (Å²) in [6.07, 6.45) is 0. The van der Waals surface area contributed by atoms with Gasteiger partial charge in [-0.2, -0.15) is 0 Å². The van der Waals surface area contributed by atoms with Crippen molar-refractivity contribution in [1.29, 1.82) is 0 Å². The smallest absolute Gasteiger partial charge is 0.242 e. The molecule has 1 saturated heterocycles. The fourth-order valence-corrected chi connectivity index (χ4v) is 1.57.